The topological polar surface area (TPSA) is 44.1 Å². The predicted octanol–water partition coefficient (Wildman–Crippen LogP) is 3.00. The highest BCUT2D eigenvalue weighted by Gasteiger charge is 2.17. The van der Waals surface area contributed by atoms with Crippen molar-refractivity contribution in [3.63, 3.8) is 0 Å². The number of halogens is 1. The number of benzene rings is 1. The minimum absolute atomic E-state index is 0.0899. The molecule has 0 amide bonds. The molecule has 0 atom stereocenters. The van der Waals surface area contributed by atoms with Gasteiger partial charge in [0.25, 0.3) is 0 Å². The first-order chi connectivity index (χ1) is 10.1. The van der Waals surface area contributed by atoms with Crippen LogP contribution in [0.2, 0.25) is 5.02 Å². The monoisotopic (exact) mass is 306 g/mol. The summed E-state index contributed by atoms with van der Waals surface area (Å²) in [6.45, 7) is 1.99. The molecule has 5 heteroatoms. The van der Waals surface area contributed by atoms with E-state index in [2.05, 4.69) is 5.10 Å². The Morgan fingerprint density at radius 1 is 1.33 bits per heavy atom. The Morgan fingerprint density at radius 3 is 2.67 bits per heavy atom. The van der Waals surface area contributed by atoms with Crippen molar-refractivity contribution in [3.8, 4) is 5.75 Å². The maximum Gasteiger partial charge on any atom is 0.143 e. The van der Waals surface area contributed by atoms with Gasteiger partial charge in [-0.1, -0.05) is 36.7 Å². The lowest BCUT2D eigenvalue weighted by atomic mass is 10.0. The first-order valence-corrected chi connectivity index (χ1v) is 7.28. The van der Waals surface area contributed by atoms with Crippen LogP contribution >= 0.6 is 11.6 Å². The largest absolute Gasteiger partial charge is 0.496 e. The number of methoxy groups -OCH3 is 1. The second kappa shape index (κ2) is 6.76. The van der Waals surface area contributed by atoms with Crippen molar-refractivity contribution in [3.05, 3.63) is 46.2 Å². The molecule has 0 spiro atoms. The van der Waals surface area contributed by atoms with E-state index in [-0.39, 0.29) is 12.2 Å². The van der Waals surface area contributed by atoms with E-state index in [1.807, 2.05) is 38.2 Å². The summed E-state index contributed by atoms with van der Waals surface area (Å²) in [5.41, 5.74) is 2.49. The molecule has 1 heterocycles. The second-order valence-electron chi connectivity index (χ2n) is 4.89. The summed E-state index contributed by atoms with van der Waals surface area (Å²) in [7, 11) is 3.42. The molecule has 0 aliphatic carbocycles. The molecule has 0 N–H and O–H groups in total. The summed E-state index contributed by atoms with van der Waals surface area (Å²) in [5, 5.41) is 4.94. The molecule has 0 aliphatic rings. The Kier molecular flexibility index (Phi) is 5.02. The summed E-state index contributed by atoms with van der Waals surface area (Å²) in [6.07, 6.45) is 1.36. The normalized spacial score (nSPS) is 10.7. The Morgan fingerprint density at radius 2 is 2.05 bits per heavy atom. The molecular formula is C16H19ClN2O2. The fourth-order valence-corrected chi connectivity index (χ4v) is 2.68. The van der Waals surface area contributed by atoms with Crippen LogP contribution in [0, 0.1) is 0 Å². The van der Waals surface area contributed by atoms with Crippen molar-refractivity contribution >= 4 is 17.4 Å². The Labute approximate surface area is 129 Å². The van der Waals surface area contributed by atoms with Crippen LogP contribution in [0.1, 0.15) is 23.9 Å². The van der Waals surface area contributed by atoms with Gasteiger partial charge >= 0.3 is 0 Å². The molecule has 1 aromatic heterocycles. The van der Waals surface area contributed by atoms with E-state index in [0.717, 1.165) is 29.1 Å². The third kappa shape index (κ3) is 3.45. The van der Waals surface area contributed by atoms with Gasteiger partial charge in [0.15, 0.2) is 0 Å². The quantitative estimate of drug-likeness (QED) is 0.824. The lowest BCUT2D eigenvalue weighted by Gasteiger charge is -2.07. The third-order valence-corrected chi connectivity index (χ3v) is 3.88. The van der Waals surface area contributed by atoms with Gasteiger partial charge in [0, 0.05) is 19.0 Å². The maximum atomic E-state index is 12.3. The Bertz CT molecular complexity index is 650. The number of rotatable bonds is 6. The molecule has 0 bridgehead atoms. The molecule has 1 aromatic carbocycles. The molecule has 112 valence electrons. The summed E-state index contributed by atoms with van der Waals surface area (Å²) in [6, 6.07) is 7.55. The highest BCUT2D eigenvalue weighted by molar-refractivity contribution is 6.32. The number of para-hydroxylation sites is 1. The van der Waals surface area contributed by atoms with Crippen molar-refractivity contribution in [2.24, 2.45) is 7.05 Å². The van der Waals surface area contributed by atoms with Gasteiger partial charge in [-0.05, 0) is 12.5 Å². The van der Waals surface area contributed by atoms with Gasteiger partial charge in [-0.3, -0.25) is 9.48 Å². The minimum Gasteiger partial charge on any atom is -0.496 e. The number of nitrogens with zero attached hydrogens (tertiary/aromatic N) is 2. The average Bonchev–Trinajstić information content (AvgIpc) is 2.75. The predicted molar refractivity (Wildman–Crippen MR) is 83.0 cm³/mol. The van der Waals surface area contributed by atoms with Crippen molar-refractivity contribution in [2.75, 3.05) is 7.11 Å². The SMILES string of the molecule is CCc1nn(C)c(CC(=O)Cc2ccccc2OC)c1Cl. The van der Waals surface area contributed by atoms with Crippen molar-refractivity contribution in [1.82, 2.24) is 9.78 Å². The number of ether oxygens (including phenoxy) is 1. The fraction of sp³-hybridized carbons (Fsp3) is 0.375. The molecule has 21 heavy (non-hydrogen) atoms. The van der Waals surface area contributed by atoms with Crippen molar-refractivity contribution in [2.45, 2.75) is 26.2 Å². The molecule has 0 saturated heterocycles. The number of hydrogen-bond donors (Lipinski definition) is 0. The maximum absolute atomic E-state index is 12.3. The van der Waals surface area contributed by atoms with E-state index < -0.39 is 0 Å². The average molecular weight is 307 g/mol. The molecule has 2 rings (SSSR count). The van der Waals surface area contributed by atoms with Crippen LogP contribution in [0.15, 0.2) is 24.3 Å². The van der Waals surface area contributed by atoms with Crippen LogP contribution in [0.4, 0.5) is 0 Å². The fourth-order valence-electron chi connectivity index (χ4n) is 2.32. The number of hydrogen-bond acceptors (Lipinski definition) is 3. The van der Waals surface area contributed by atoms with Gasteiger partial charge in [-0.25, -0.2) is 0 Å². The van der Waals surface area contributed by atoms with Crippen LogP contribution in [0.3, 0.4) is 0 Å². The van der Waals surface area contributed by atoms with Crippen molar-refractivity contribution < 1.29 is 9.53 Å². The van der Waals surface area contributed by atoms with Gasteiger partial charge in [-0.15, -0.1) is 0 Å². The van der Waals surface area contributed by atoms with Crippen LogP contribution < -0.4 is 4.74 Å². The molecule has 4 nitrogen and oxygen atoms in total. The van der Waals surface area contributed by atoms with E-state index >= 15 is 0 Å². The lowest BCUT2D eigenvalue weighted by Crippen LogP contribution is -2.11. The first kappa shape index (κ1) is 15.6. The molecule has 0 fully saturated rings. The standard InChI is InChI=1S/C16H19ClN2O2/c1-4-13-16(17)14(19(2)18-13)10-12(20)9-11-7-5-6-8-15(11)21-3/h5-8H,4,9-10H2,1-3H3. The van der Waals surface area contributed by atoms with Gasteiger partial charge in [0.2, 0.25) is 0 Å². The zero-order chi connectivity index (χ0) is 15.4. The molecule has 0 aliphatic heterocycles. The zero-order valence-corrected chi connectivity index (χ0v) is 13.3. The van der Waals surface area contributed by atoms with E-state index in [1.54, 1.807) is 11.8 Å². The number of ketones is 1. The highest BCUT2D eigenvalue weighted by atomic mass is 35.5. The molecule has 0 unspecified atom stereocenters. The number of aromatic nitrogens is 2. The number of Topliss-reactive ketones (excluding diaryl/α,β-unsaturated/α-hetero) is 1. The summed E-state index contributed by atoms with van der Waals surface area (Å²) >= 11 is 6.28. The van der Waals surface area contributed by atoms with E-state index in [4.69, 9.17) is 16.3 Å². The third-order valence-electron chi connectivity index (χ3n) is 3.45. The van der Waals surface area contributed by atoms with Crippen LogP contribution in [0.25, 0.3) is 0 Å². The second-order valence-corrected chi connectivity index (χ2v) is 5.27. The van der Waals surface area contributed by atoms with Gasteiger partial charge in [0.05, 0.1) is 29.9 Å². The number of carbonyl (C=O) groups excluding carboxylic acids is 1. The number of aryl methyl sites for hydroxylation is 2. The molecule has 0 radical (unpaired) electrons. The Balaban J connectivity index is 2.14. The zero-order valence-electron chi connectivity index (χ0n) is 12.5. The summed E-state index contributed by atoms with van der Waals surface area (Å²) in [4.78, 5) is 12.3. The minimum atomic E-state index is 0.0899. The van der Waals surface area contributed by atoms with Gasteiger partial charge in [0.1, 0.15) is 11.5 Å². The first-order valence-electron chi connectivity index (χ1n) is 6.90. The highest BCUT2D eigenvalue weighted by Crippen LogP contribution is 2.23. The number of carbonyl (C=O) groups is 1. The summed E-state index contributed by atoms with van der Waals surface area (Å²) < 4.78 is 6.97. The summed E-state index contributed by atoms with van der Waals surface area (Å²) in [5.74, 6) is 0.822. The van der Waals surface area contributed by atoms with Crippen LogP contribution in [-0.2, 0) is 31.1 Å². The van der Waals surface area contributed by atoms with E-state index in [0.29, 0.717) is 11.4 Å². The van der Waals surface area contributed by atoms with E-state index in [1.165, 1.54) is 0 Å². The molecule has 2 aromatic rings. The molecule has 0 saturated carbocycles. The Hall–Kier alpha value is -1.81. The van der Waals surface area contributed by atoms with Gasteiger partial charge in [-0.2, -0.15) is 5.10 Å². The van der Waals surface area contributed by atoms with Gasteiger partial charge < -0.3 is 4.74 Å². The lowest BCUT2D eigenvalue weighted by molar-refractivity contribution is -0.117. The molecular weight excluding hydrogens is 288 g/mol. The van der Waals surface area contributed by atoms with E-state index in [9.17, 15) is 4.79 Å². The van der Waals surface area contributed by atoms with Crippen molar-refractivity contribution in [1.29, 1.82) is 0 Å². The van der Waals surface area contributed by atoms with Crippen LogP contribution in [0.5, 0.6) is 5.75 Å². The van der Waals surface area contributed by atoms with Crippen LogP contribution in [-0.4, -0.2) is 22.7 Å². The smallest absolute Gasteiger partial charge is 0.143 e.